The van der Waals surface area contributed by atoms with Crippen LogP contribution in [0.1, 0.15) is 28.9 Å². The third kappa shape index (κ3) is 4.01. The maximum atomic E-state index is 9.20. The summed E-state index contributed by atoms with van der Waals surface area (Å²) in [4.78, 5) is 0. The van der Waals surface area contributed by atoms with Crippen molar-refractivity contribution < 1.29 is 22.2 Å². The lowest BCUT2D eigenvalue weighted by Crippen LogP contribution is -1.95. The lowest BCUT2D eigenvalue weighted by Gasteiger charge is -2.18. The molecular weight excluding hydrogens is 532 g/mol. The minimum atomic E-state index is -0.612. The van der Waals surface area contributed by atoms with Gasteiger partial charge in [-0.25, -0.2) is 0 Å². The molecule has 1 nitrogen and oxygen atoms in total. The first-order valence-electron chi connectivity index (χ1n) is 20.7. The second-order valence-electron chi connectivity index (χ2n) is 10.7. The molecule has 0 bridgehead atoms. The molecule has 0 N–H and O–H groups in total. The molecule has 0 unspecified atom stereocenters. The summed E-state index contributed by atoms with van der Waals surface area (Å²) in [5.74, 6) is 0. The molecule has 0 aliphatic carbocycles. The predicted octanol–water partition coefficient (Wildman–Crippen LogP) is 12.0. The zero-order valence-electron chi connectivity index (χ0n) is 36.1. The first-order valence-corrected chi connectivity index (χ1v) is 14.2. The summed E-state index contributed by atoms with van der Waals surface area (Å²) in [5, 5.41) is 3.43. The monoisotopic (exact) mass is 573 g/mol. The molecule has 206 valence electrons. The van der Waals surface area contributed by atoms with Crippen LogP contribution in [0, 0.1) is 0 Å². The van der Waals surface area contributed by atoms with Crippen LogP contribution in [-0.2, 0) is 6.42 Å². The SMILES string of the molecule is [2H]c1c([2H])c([2H])c(Cc2c3c([2H])c([2H])c([2H])c([2H])c3c(-c3ccc4cc(-c5ccc6oc7ccccc7c6c5)ccc4c3)c3c([2H])c([2H])c([2H])c([2H])c23)c([2H])c1[2H]. The van der Waals surface area contributed by atoms with Gasteiger partial charge in [0, 0.05) is 10.8 Å². The number of rotatable bonds is 4. The Labute approximate surface area is 273 Å². The molecular formula is C43H28O. The van der Waals surface area contributed by atoms with Crippen molar-refractivity contribution in [2.75, 3.05) is 0 Å². The minimum Gasteiger partial charge on any atom is -0.456 e. The number of hydrogen-bond acceptors (Lipinski definition) is 1. The quantitative estimate of drug-likeness (QED) is 0.191. The summed E-state index contributed by atoms with van der Waals surface area (Å²) in [6.45, 7) is 0. The van der Waals surface area contributed by atoms with Crippen LogP contribution in [0.4, 0.5) is 0 Å². The summed E-state index contributed by atoms with van der Waals surface area (Å²) in [6, 6.07) is 18.2. The molecule has 8 aromatic carbocycles. The number of furan rings is 1. The summed E-state index contributed by atoms with van der Waals surface area (Å²) >= 11 is 0. The van der Waals surface area contributed by atoms with Gasteiger partial charge in [-0.05, 0) is 102 Å². The van der Waals surface area contributed by atoms with Crippen molar-refractivity contribution in [2.24, 2.45) is 0 Å². The summed E-state index contributed by atoms with van der Waals surface area (Å²) in [7, 11) is 0. The molecule has 0 aliphatic heterocycles. The van der Waals surface area contributed by atoms with E-state index >= 15 is 0 Å². The first kappa shape index (κ1) is 15.2. The Balaban J connectivity index is 1.33. The molecule has 1 heterocycles. The van der Waals surface area contributed by atoms with E-state index in [2.05, 4.69) is 6.07 Å². The molecule has 0 aliphatic rings. The second-order valence-corrected chi connectivity index (χ2v) is 10.7. The molecule has 0 amide bonds. The molecule has 44 heavy (non-hydrogen) atoms. The molecule has 0 saturated carbocycles. The van der Waals surface area contributed by atoms with Crippen molar-refractivity contribution in [3.05, 3.63) is 169 Å². The standard InChI is InChI=1S/C43H28O/c1-2-10-28(11-3-1)24-39-34-12-4-6-15-37(34)43(38-16-7-5-13-35(38)39)33-21-20-29-25-30(18-19-31(29)26-33)32-22-23-42-40(27-32)36-14-8-9-17-41(36)44-42/h1-23,25-27H,24H2/i1D,2D,3D,4D,5D,6D,7D,10D,11D,12D,13D,15D,16D. The fourth-order valence-electron chi connectivity index (χ4n) is 6.20. The fraction of sp³-hybridized carbons (Fsp3) is 0.0233. The third-order valence-electron chi connectivity index (χ3n) is 8.22. The van der Waals surface area contributed by atoms with Crippen LogP contribution in [0.2, 0.25) is 0 Å². The zero-order valence-corrected chi connectivity index (χ0v) is 23.1. The van der Waals surface area contributed by atoms with Crippen molar-refractivity contribution in [3.8, 4) is 22.3 Å². The number of fused-ring (bicyclic) bond motifs is 6. The Morgan fingerprint density at radius 3 is 1.77 bits per heavy atom. The van der Waals surface area contributed by atoms with Gasteiger partial charge in [-0.1, -0.05) is 127 Å². The van der Waals surface area contributed by atoms with E-state index in [-0.39, 0.29) is 38.2 Å². The zero-order chi connectivity index (χ0) is 40.3. The van der Waals surface area contributed by atoms with E-state index in [1.165, 1.54) is 0 Å². The molecule has 9 aromatic rings. The van der Waals surface area contributed by atoms with Gasteiger partial charge in [0.1, 0.15) is 11.2 Å². The minimum absolute atomic E-state index is 0.00548. The summed E-state index contributed by atoms with van der Waals surface area (Å²) in [6.07, 6.45) is -0.478. The van der Waals surface area contributed by atoms with Crippen LogP contribution in [-0.4, -0.2) is 0 Å². The van der Waals surface area contributed by atoms with E-state index in [1.807, 2.05) is 66.7 Å². The van der Waals surface area contributed by atoms with E-state index in [1.54, 1.807) is 6.07 Å². The maximum Gasteiger partial charge on any atom is 0.135 e. The number of benzene rings is 8. The normalized spacial score (nSPS) is 15.9. The summed E-state index contributed by atoms with van der Waals surface area (Å²) < 4.78 is 119. The van der Waals surface area contributed by atoms with E-state index in [0.717, 1.165) is 43.8 Å². The van der Waals surface area contributed by atoms with Crippen LogP contribution in [0.25, 0.3) is 76.5 Å². The molecule has 1 heteroatoms. The van der Waals surface area contributed by atoms with E-state index < -0.39 is 85.0 Å². The Hall–Kier alpha value is -5.66. The van der Waals surface area contributed by atoms with Gasteiger partial charge in [-0.2, -0.15) is 0 Å². The van der Waals surface area contributed by atoms with Crippen LogP contribution >= 0.6 is 0 Å². The molecule has 0 radical (unpaired) electrons. The number of hydrogen-bond donors (Lipinski definition) is 0. The molecule has 1 aromatic heterocycles. The Morgan fingerprint density at radius 1 is 0.455 bits per heavy atom. The first-order chi connectivity index (χ1) is 27.2. The highest BCUT2D eigenvalue weighted by Gasteiger charge is 2.16. The van der Waals surface area contributed by atoms with E-state index in [0.29, 0.717) is 5.56 Å². The van der Waals surface area contributed by atoms with Crippen molar-refractivity contribution in [1.29, 1.82) is 0 Å². The molecule has 0 fully saturated rings. The van der Waals surface area contributed by atoms with Gasteiger partial charge in [0.2, 0.25) is 0 Å². The van der Waals surface area contributed by atoms with E-state index in [9.17, 15) is 2.74 Å². The average Bonchev–Trinajstić information content (AvgIpc) is 3.60. The van der Waals surface area contributed by atoms with Crippen molar-refractivity contribution in [3.63, 3.8) is 0 Å². The van der Waals surface area contributed by atoms with Gasteiger partial charge >= 0.3 is 0 Å². The fourth-order valence-corrected chi connectivity index (χ4v) is 6.20. The third-order valence-corrected chi connectivity index (χ3v) is 8.22. The molecule has 0 atom stereocenters. The molecule has 9 rings (SSSR count). The Kier molecular flexibility index (Phi) is 3.44. The second kappa shape index (κ2) is 9.97. The van der Waals surface area contributed by atoms with Gasteiger partial charge in [0.15, 0.2) is 0 Å². The lowest BCUT2D eigenvalue weighted by atomic mass is 9.86. The van der Waals surface area contributed by atoms with Crippen molar-refractivity contribution in [1.82, 2.24) is 0 Å². The van der Waals surface area contributed by atoms with Crippen molar-refractivity contribution in [2.45, 2.75) is 6.42 Å². The van der Waals surface area contributed by atoms with Gasteiger partial charge in [-0.3, -0.25) is 0 Å². The summed E-state index contributed by atoms with van der Waals surface area (Å²) in [5.41, 5.74) is 3.89. The van der Waals surface area contributed by atoms with Gasteiger partial charge < -0.3 is 4.42 Å². The van der Waals surface area contributed by atoms with Gasteiger partial charge in [0.25, 0.3) is 0 Å². The van der Waals surface area contributed by atoms with Crippen LogP contribution in [0.5, 0.6) is 0 Å². The smallest absolute Gasteiger partial charge is 0.135 e. The van der Waals surface area contributed by atoms with E-state index in [4.69, 9.17) is 19.5 Å². The largest absolute Gasteiger partial charge is 0.456 e. The maximum absolute atomic E-state index is 9.20. The predicted molar refractivity (Wildman–Crippen MR) is 186 cm³/mol. The van der Waals surface area contributed by atoms with Crippen LogP contribution < -0.4 is 0 Å². The van der Waals surface area contributed by atoms with Crippen molar-refractivity contribution >= 4 is 54.3 Å². The molecule has 0 saturated heterocycles. The molecule has 0 spiro atoms. The lowest BCUT2D eigenvalue weighted by molar-refractivity contribution is 0.669. The number of para-hydroxylation sites is 1. The van der Waals surface area contributed by atoms with Crippen LogP contribution in [0.3, 0.4) is 0 Å². The average molecular weight is 574 g/mol. The highest BCUT2D eigenvalue weighted by Crippen LogP contribution is 2.41. The highest BCUT2D eigenvalue weighted by atomic mass is 16.3. The highest BCUT2D eigenvalue weighted by molar-refractivity contribution is 6.16. The van der Waals surface area contributed by atoms with Crippen LogP contribution in [0.15, 0.2) is 162 Å². The topological polar surface area (TPSA) is 13.1 Å². The Morgan fingerprint density at radius 2 is 1.02 bits per heavy atom. The van der Waals surface area contributed by atoms with Gasteiger partial charge in [-0.15, -0.1) is 0 Å². The van der Waals surface area contributed by atoms with Gasteiger partial charge in [0.05, 0.1) is 17.8 Å². The Bertz CT molecular complexity index is 3150.